The molecule has 4 nitrogen and oxygen atoms in total. The molecule has 0 fully saturated rings. The largest absolute Gasteiger partial charge is 0.309 e. The number of nitriles is 1. The summed E-state index contributed by atoms with van der Waals surface area (Å²) in [6.07, 6.45) is 0. The highest BCUT2D eigenvalue weighted by Gasteiger charge is 2.19. The average Bonchev–Trinajstić information content (AvgIpc) is 3.57. The van der Waals surface area contributed by atoms with Gasteiger partial charge in [0.05, 0.1) is 40.3 Å². The number of benzene rings is 6. The van der Waals surface area contributed by atoms with Crippen molar-refractivity contribution in [2.24, 2.45) is 0 Å². The average molecular weight is 549 g/mol. The van der Waals surface area contributed by atoms with Gasteiger partial charge in [-0.05, 0) is 66.1 Å². The van der Waals surface area contributed by atoms with Crippen LogP contribution < -0.4 is 0 Å². The maximum atomic E-state index is 9.82. The molecule has 0 amide bonds. The fourth-order valence-electron chi connectivity index (χ4n) is 6.62. The summed E-state index contributed by atoms with van der Waals surface area (Å²) in [5.41, 5.74) is 10.5. The number of hydrogen-bond acceptors (Lipinski definition) is 1. The van der Waals surface area contributed by atoms with E-state index in [9.17, 15) is 5.26 Å². The Morgan fingerprint density at radius 3 is 2.07 bits per heavy atom. The topological polar surface area (TPSA) is 38.0 Å². The minimum Gasteiger partial charge on any atom is -0.309 e. The van der Waals surface area contributed by atoms with Crippen molar-refractivity contribution in [2.75, 3.05) is 0 Å². The fraction of sp³-hybridized carbons (Fsp3) is 0.0256. The van der Waals surface area contributed by atoms with E-state index in [1.165, 1.54) is 16.3 Å². The van der Waals surface area contributed by atoms with Crippen molar-refractivity contribution < 1.29 is 0 Å². The Morgan fingerprint density at radius 2 is 1.30 bits per heavy atom. The number of fused-ring (bicyclic) bond motifs is 6. The number of para-hydroxylation sites is 3. The van der Waals surface area contributed by atoms with Gasteiger partial charge in [0, 0.05) is 32.9 Å². The van der Waals surface area contributed by atoms with Crippen LogP contribution in [0.25, 0.3) is 71.0 Å². The maximum absolute atomic E-state index is 9.82. The first-order valence-electron chi connectivity index (χ1n) is 14.2. The highest BCUT2D eigenvalue weighted by molar-refractivity contribution is 6.17. The molecule has 43 heavy (non-hydrogen) atoms. The van der Waals surface area contributed by atoms with Gasteiger partial charge in [0.15, 0.2) is 0 Å². The smallest absolute Gasteiger partial charge is 0.205 e. The highest BCUT2D eigenvalue weighted by Crippen LogP contribution is 2.41. The van der Waals surface area contributed by atoms with Crippen LogP contribution in [0, 0.1) is 24.8 Å². The summed E-state index contributed by atoms with van der Waals surface area (Å²) in [7, 11) is 0. The van der Waals surface area contributed by atoms with Crippen LogP contribution in [0.5, 0.6) is 0 Å². The Hall–Kier alpha value is -6.10. The number of aromatic nitrogens is 2. The summed E-state index contributed by atoms with van der Waals surface area (Å²) in [5.74, 6) is 0. The molecule has 0 spiro atoms. The lowest BCUT2D eigenvalue weighted by Crippen LogP contribution is -1.98. The van der Waals surface area contributed by atoms with Gasteiger partial charge in [-0.15, -0.1) is 0 Å². The summed E-state index contributed by atoms with van der Waals surface area (Å²) < 4.78 is 4.58. The number of nitrogens with zero attached hydrogens (tertiary/aromatic N) is 4. The van der Waals surface area contributed by atoms with Gasteiger partial charge in [0.25, 0.3) is 0 Å². The van der Waals surface area contributed by atoms with Crippen LogP contribution in [0.3, 0.4) is 0 Å². The summed E-state index contributed by atoms with van der Waals surface area (Å²) in [6, 6.07) is 46.7. The molecule has 8 aromatic rings. The van der Waals surface area contributed by atoms with E-state index in [0.717, 1.165) is 55.4 Å². The lowest BCUT2D eigenvalue weighted by atomic mass is 9.98. The van der Waals surface area contributed by atoms with Crippen LogP contribution in [0.15, 0.2) is 127 Å². The van der Waals surface area contributed by atoms with Crippen molar-refractivity contribution >= 4 is 49.3 Å². The lowest BCUT2D eigenvalue weighted by Gasteiger charge is -2.13. The molecular weight excluding hydrogens is 524 g/mol. The molecule has 4 heteroatoms. The van der Waals surface area contributed by atoms with Gasteiger partial charge in [0.2, 0.25) is 5.69 Å². The second-order valence-corrected chi connectivity index (χ2v) is 10.9. The third-order valence-electron chi connectivity index (χ3n) is 8.49. The van der Waals surface area contributed by atoms with Crippen LogP contribution in [-0.2, 0) is 0 Å². The summed E-state index contributed by atoms with van der Waals surface area (Å²) in [6.45, 7) is 9.55. The standard InChI is InChI=1S/C39H24N4/c1-25-21-33(41-2)27(24-40)23-37(25)43-35-17-9-7-14-32(35)39-29(15-10-18-36(39)43)26-19-20-31-30-13-6-8-16-34(30)42(38(31)22-26)28-11-4-3-5-12-28/h3-23H,1H3. The van der Waals surface area contributed by atoms with Crippen molar-refractivity contribution in [3.63, 3.8) is 0 Å². The molecule has 0 atom stereocenters. The Bertz CT molecular complexity index is 2480. The van der Waals surface area contributed by atoms with E-state index in [-0.39, 0.29) is 0 Å². The SMILES string of the molecule is [C-]#[N+]c1cc(C)c(-n2c3ccccc3c3c(-c4ccc5c6ccccc6n(-c6ccccc6)c5c4)cccc32)cc1C#N. The number of rotatable bonds is 3. The molecule has 2 aromatic heterocycles. The first-order valence-corrected chi connectivity index (χ1v) is 14.2. The third-order valence-corrected chi connectivity index (χ3v) is 8.49. The quantitative estimate of drug-likeness (QED) is 0.202. The van der Waals surface area contributed by atoms with Crippen molar-refractivity contribution in [3.05, 3.63) is 150 Å². The molecular formula is C39H24N4. The second-order valence-electron chi connectivity index (χ2n) is 10.9. The van der Waals surface area contributed by atoms with Crippen molar-refractivity contribution in [3.8, 4) is 28.6 Å². The Kier molecular flexibility index (Phi) is 5.44. The number of hydrogen-bond donors (Lipinski definition) is 0. The minimum atomic E-state index is 0.382. The molecule has 0 radical (unpaired) electrons. The van der Waals surface area contributed by atoms with Gasteiger partial charge >= 0.3 is 0 Å². The maximum Gasteiger partial charge on any atom is 0.205 e. The van der Waals surface area contributed by atoms with E-state index in [4.69, 9.17) is 6.57 Å². The van der Waals surface area contributed by atoms with E-state index in [0.29, 0.717) is 11.3 Å². The predicted octanol–water partition coefficient (Wildman–Crippen LogP) is 10.3. The van der Waals surface area contributed by atoms with Crippen LogP contribution in [0.1, 0.15) is 11.1 Å². The fourth-order valence-corrected chi connectivity index (χ4v) is 6.62. The van der Waals surface area contributed by atoms with Crippen molar-refractivity contribution in [1.29, 1.82) is 5.26 Å². The van der Waals surface area contributed by atoms with Crippen molar-refractivity contribution in [2.45, 2.75) is 6.92 Å². The van der Waals surface area contributed by atoms with Gasteiger partial charge in [-0.2, -0.15) is 5.26 Å². The summed E-state index contributed by atoms with van der Waals surface area (Å²) in [5, 5.41) is 14.6. The van der Waals surface area contributed by atoms with E-state index >= 15 is 0 Å². The lowest BCUT2D eigenvalue weighted by molar-refractivity contribution is 1.15. The Morgan fingerprint density at radius 1 is 0.628 bits per heavy atom. The van der Waals surface area contributed by atoms with E-state index in [2.05, 4.69) is 135 Å². The zero-order valence-electron chi connectivity index (χ0n) is 23.4. The molecule has 6 aromatic carbocycles. The first-order chi connectivity index (χ1) is 21.2. The van der Waals surface area contributed by atoms with Crippen molar-refractivity contribution in [1.82, 2.24) is 9.13 Å². The molecule has 200 valence electrons. The normalized spacial score (nSPS) is 11.3. The summed E-state index contributed by atoms with van der Waals surface area (Å²) >= 11 is 0. The molecule has 0 aliphatic rings. The molecule has 0 bridgehead atoms. The van der Waals surface area contributed by atoms with Gasteiger partial charge in [-0.1, -0.05) is 84.9 Å². The van der Waals surface area contributed by atoms with Gasteiger partial charge in [-0.3, -0.25) is 0 Å². The minimum absolute atomic E-state index is 0.382. The first kappa shape index (κ1) is 24.7. The molecule has 0 saturated carbocycles. The highest BCUT2D eigenvalue weighted by atomic mass is 15.0. The van der Waals surface area contributed by atoms with E-state index in [1.807, 2.05) is 19.1 Å². The van der Waals surface area contributed by atoms with E-state index in [1.54, 1.807) is 0 Å². The number of aryl methyl sites for hydroxylation is 1. The molecule has 8 rings (SSSR count). The third kappa shape index (κ3) is 3.61. The molecule has 2 heterocycles. The summed E-state index contributed by atoms with van der Waals surface area (Å²) in [4.78, 5) is 3.59. The predicted molar refractivity (Wildman–Crippen MR) is 176 cm³/mol. The van der Waals surface area contributed by atoms with Crippen LogP contribution in [0.2, 0.25) is 0 Å². The van der Waals surface area contributed by atoms with Crippen LogP contribution >= 0.6 is 0 Å². The molecule has 0 saturated heterocycles. The molecule has 0 unspecified atom stereocenters. The molecule has 0 N–H and O–H groups in total. The zero-order valence-corrected chi connectivity index (χ0v) is 23.4. The Balaban J connectivity index is 1.45. The van der Waals surface area contributed by atoms with Gasteiger partial charge in [-0.25, -0.2) is 4.85 Å². The van der Waals surface area contributed by atoms with E-state index < -0.39 is 0 Å². The monoisotopic (exact) mass is 548 g/mol. The van der Waals surface area contributed by atoms with Gasteiger partial charge in [0.1, 0.15) is 0 Å². The Labute approximate surface area is 248 Å². The zero-order chi connectivity index (χ0) is 29.1. The van der Waals surface area contributed by atoms with Gasteiger partial charge < -0.3 is 9.13 Å². The molecule has 0 aliphatic carbocycles. The van der Waals surface area contributed by atoms with Crippen LogP contribution in [-0.4, -0.2) is 9.13 Å². The second kappa shape index (κ2) is 9.48. The van der Waals surface area contributed by atoms with Crippen LogP contribution in [0.4, 0.5) is 5.69 Å². The molecule has 0 aliphatic heterocycles.